The summed E-state index contributed by atoms with van der Waals surface area (Å²) in [5.41, 5.74) is 1.98. The maximum atomic E-state index is 15.0. The summed E-state index contributed by atoms with van der Waals surface area (Å²) in [6.07, 6.45) is 4.12. The number of aromatic nitrogens is 3. The molecule has 2 heterocycles. The number of hydrogen-bond donors (Lipinski definition) is 2. The van der Waals surface area contributed by atoms with Gasteiger partial charge in [0.05, 0.1) is 25.1 Å². The molecule has 2 N–H and O–H groups in total. The Morgan fingerprint density at radius 2 is 1.73 bits per heavy atom. The lowest BCUT2D eigenvalue weighted by Gasteiger charge is -2.29. The molecule has 10 heteroatoms. The Hall–Kier alpha value is -4.86. The maximum Gasteiger partial charge on any atom is 0.339 e. The second-order valence-electron chi connectivity index (χ2n) is 10.3. The van der Waals surface area contributed by atoms with Gasteiger partial charge in [0.15, 0.2) is 23.1 Å². The van der Waals surface area contributed by atoms with E-state index in [4.69, 9.17) is 9.47 Å². The number of hydrogen-bond acceptors (Lipinski definition) is 5. The number of ether oxygens (including phenoxy) is 2. The van der Waals surface area contributed by atoms with Crippen LogP contribution >= 0.6 is 0 Å². The highest BCUT2D eigenvalue weighted by atomic mass is 19.1. The molecule has 0 aliphatic carbocycles. The van der Waals surface area contributed by atoms with Crippen LogP contribution in [0, 0.1) is 11.6 Å². The second kappa shape index (κ2) is 10.6. The first kappa shape index (κ1) is 27.7. The summed E-state index contributed by atoms with van der Waals surface area (Å²) in [5, 5.41) is 25.3. The summed E-state index contributed by atoms with van der Waals surface area (Å²) in [5.74, 6) is -2.96. The predicted octanol–water partition coefficient (Wildman–Crippen LogP) is 6.56. The van der Waals surface area contributed by atoms with E-state index in [1.54, 1.807) is 41.2 Å². The van der Waals surface area contributed by atoms with Gasteiger partial charge in [-0.15, -0.1) is 0 Å². The van der Waals surface area contributed by atoms with Crippen molar-refractivity contribution in [2.75, 3.05) is 14.2 Å². The molecule has 0 radical (unpaired) electrons. The quantitative estimate of drug-likeness (QED) is 0.212. The number of aromatic carboxylic acids is 1. The lowest BCUT2D eigenvalue weighted by molar-refractivity contribution is 0.0693. The van der Waals surface area contributed by atoms with Crippen LogP contribution in [0.2, 0.25) is 0 Å². The molecule has 0 saturated carbocycles. The highest BCUT2D eigenvalue weighted by Crippen LogP contribution is 2.48. The van der Waals surface area contributed by atoms with Crippen molar-refractivity contribution in [3.63, 3.8) is 0 Å². The van der Waals surface area contributed by atoms with Crippen LogP contribution in [-0.4, -0.2) is 44.7 Å². The summed E-state index contributed by atoms with van der Waals surface area (Å²) in [6.45, 7) is 4.58. The molecule has 41 heavy (non-hydrogen) atoms. The van der Waals surface area contributed by atoms with E-state index in [-0.39, 0.29) is 22.4 Å². The zero-order valence-electron chi connectivity index (χ0n) is 23.0. The van der Waals surface area contributed by atoms with Gasteiger partial charge in [-0.25, -0.2) is 13.6 Å². The summed E-state index contributed by atoms with van der Waals surface area (Å²) in [7, 11) is 2.74. The van der Waals surface area contributed by atoms with Crippen molar-refractivity contribution in [1.29, 1.82) is 0 Å². The number of aryl methyl sites for hydroxylation is 1. The molecular weight excluding hydrogens is 532 g/mol. The third kappa shape index (κ3) is 4.86. The van der Waals surface area contributed by atoms with Gasteiger partial charge in [0.25, 0.3) is 0 Å². The Morgan fingerprint density at radius 3 is 2.39 bits per heavy atom. The van der Waals surface area contributed by atoms with Crippen molar-refractivity contribution in [2.45, 2.75) is 32.2 Å². The summed E-state index contributed by atoms with van der Waals surface area (Å²) in [4.78, 5) is 11.8. The van der Waals surface area contributed by atoms with Crippen LogP contribution in [0.1, 0.15) is 36.3 Å². The molecule has 0 aliphatic rings. The Labute approximate surface area is 235 Å². The smallest absolute Gasteiger partial charge is 0.339 e. The van der Waals surface area contributed by atoms with Gasteiger partial charge in [-0.2, -0.15) is 5.10 Å². The number of carboxylic acid groups (broad SMARTS) is 1. The van der Waals surface area contributed by atoms with Crippen LogP contribution in [0.3, 0.4) is 0 Å². The van der Waals surface area contributed by atoms with Gasteiger partial charge in [0, 0.05) is 47.4 Å². The predicted molar refractivity (Wildman–Crippen MR) is 150 cm³/mol. The average molecular weight is 562 g/mol. The zero-order chi connectivity index (χ0) is 29.5. The fourth-order valence-electron chi connectivity index (χ4n) is 5.29. The van der Waals surface area contributed by atoms with Crippen LogP contribution in [0.25, 0.3) is 27.7 Å². The largest absolute Gasteiger partial charge is 0.504 e. The van der Waals surface area contributed by atoms with Crippen molar-refractivity contribution < 1.29 is 33.3 Å². The fourth-order valence-corrected chi connectivity index (χ4v) is 5.29. The van der Waals surface area contributed by atoms with Gasteiger partial charge in [-0.3, -0.25) is 4.68 Å². The number of benzene rings is 3. The van der Waals surface area contributed by atoms with Crippen molar-refractivity contribution in [2.24, 2.45) is 0 Å². The number of rotatable bonds is 9. The van der Waals surface area contributed by atoms with Crippen LogP contribution < -0.4 is 9.47 Å². The highest BCUT2D eigenvalue weighted by molar-refractivity contribution is 6.04. The van der Waals surface area contributed by atoms with Gasteiger partial charge in [0.1, 0.15) is 11.3 Å². The molecule has 0 saturated heterocycles. The molecule has 0 amide bonds. The zero-order valence-corrected chi connectivity index (χ0v) is 23.0. The Balaban J connectivity index is 1.89. The molecule has 8 nitrogen and oxygen atoms in total. The minimum absolute atomic E-state index is 0.0185. The van der Waals surface area contributed by atoms with Crippen molar-refractivity contribution in [3.05, 3.63) is 89.9 Å². The third-order valence-electron chi connectivity index (χ3n) is 7.34. The SMILES string of the molecule is COc1cc(-n2c(C(C)(C)CCn3cccn3)c(-c3ccc(C(=O)O)c(OC)c3)c3c(O)c(F)ccc32)ccc1F. The topological polar surface area (TPSA) is 98.7 Å². The first-order chi connectivity index (χ1) is 19.6. The van der Waals surface area contributed by atoms with Crippen molar-refractivity contribution in [3.8, 4) is 34.1 Å². The number of phenols is 1. The number of fused-ring (bicyclic) bond motifs is 1. The third-order valence-corrected chi connectivity index (χ3v) is 7.34. The molecule has 0 bridgehead atoms. The highest BCUT2D eigenvalue weighted by Gasteiger charge is 2.34. The van der Waals surface area contributed by atoms with Gasteiger partial charge in [0.2, 0.25) is 0 Å². The van der Waals surface area contributed by atoms with Crippen molar-refractivity contribution in [1.82, 2.24) is 14.3 Å². The lowest BCUT2D eigenvalue weighted by Crippen LogP contribution is -2.24. The van der Waals surface area contributed by atoms with Crippen molar-refractivity contribution >= 4 is 16.9 Å². The van der Waals surface area contributed by atoms with Gasteiger partial charge < -0.3 is 24.3 Å². The molecule has 3 aromatic carbocycles. The van der Waals surface area contributed by atoms with Gasteiger partial charge >= 0.3 is 5.97 Å². The van der Waals surface area contributed by atoms with E-state index in [2.05, 4.69) is 5.10 Å². The number of halogens is 2. The summed E-state index contributed by atoms with van der Waals surface area (Å²) in [6, 6.07) is 13.6. The van der Waals surface area contributed by atoms with E-state index in [1.165, 1.54) is 32.4 Å². The number of phenolic OH excluding ortho intramolecular Hbond substituents is 1. The van der Waals surface area contributed by atoms with Crippen LogP contribution in [0.5, 0.6) is 17.2 Å². The molecule has 0 unspecified atom stereocenters. The van der Waals surface area contributed by atoms with E-state index in [0.717, 1.165) is 0 Å². The molecule has 5 rings (SSSR count). The molecule has 2 aromatic heterocycles. The summed E-state index contributed by atoms with van der Waals surface area (Å²) >= 11 is 0. The van der Waals surface area contributed by atoms with E-state index in [0.29, 0.717) is 41.0 Å². The molecule has 0 spiro atoms. The fraction of sp³-hybridized carbons (Fsp3) is 0.226. The standard InChI is InChI=1S/C31H29F2N3O5/c1-31(2,12-15-35-14-5-13-34-35)29-26(18-6-8-20(30(38)39)24(16-18)40-3)27-23(11-10-22(33)28(27)37)36(29)19-7-9-21(32)25(17-19)41-4/h5-11,13-14,16-17,37H,12,15H2,1-4H3,(H,38,39). The minimum Gasteiger partial charge on any atom is -0.504 e. The Kier molecular flexibility index (Phi) is 7.17. The maximum absolute atomic E-state index is 15.0. The first-order valence-corrected chi connectivity index (χ1v) is 12.9. The Bertz CT molecular complexity index is 1760. The molecule has 0 fully saturated rings. The monoisotopic (exact) mass is 561 g/mol. The normalized spacial score (nSPS) is 11.7. The average Bonchev–Trinajstić information content (AvgIpc) is 3.61. The number of carbonyl (C=O) groups is 1. The Morgan fingerprint density at radius 1 is 1.00 bits per heavy atom. The van der Waals surface area contributed by atoms with E-state index in [9.17, 15) is 23.8 Å². The number of aromatic hydroxyl groups is 1. The lowest BCUT2D eigenvalue weighted by atomic mass is 9.81. The molecule has 0 atom stereocenters. The van der Waals surface area contributed by atoms with Gasteiger partial charge in [-0.05, 0) is 54.4 Å². The molecular formula is C31H29F2N3O5. The number of methoxy groups -OCH3 is 2. The van der Waals surface area contributed by atoms with E-state index in [1.807, 2.05) is 30.7 Å². The van der Waals surface area contributed by atoms with E-state index >= 15 is 0 Å². The van der Waals surface area contributed by atoms with Gasteiger partial charge in [-0.1, -0.05) is 19.9 Å². The molecule has 0 aliphatic heterocycles. The molecule has 212 valence electrons. The molecule has 5 aromatic rings. The van der Waals surface area contributed by atoms with E-state index < -0.39 is 28.8 Å². The second-order valence-corrected chi connectivity index (χ2v) is 10.3. The van der Waals surface area contributed by atoms with Crippen LogP contribution in [0.4, 0.5) is 8.78 Å². The summed E-state index contributed by atoms with van der Waals surface area (Å²) < 4.78 is 43.8. The number of nitrogens with zero attached hydrogens (tertiary/aromatic N) is 3. The first-order valence-electron chi connectivity index (χ1n) is 12.9. The number of carboxylic acids is 1. The van der Waals surface area contributed by atoms with Crippen LogP contribution in [-0.2, 0) is 12.0 Å². The van der Waals surface area contributed by atoms with Crippen LogP contribution in [0.15, 0.2) is 67.0 Å². The minimum atomic E-state index is -1.16.